The summed E-state index contributed by atoms with van der Waals surface area (Å²) in [6.45, 7) is 3.00. The molecule has 202 valence electrons. The number of aliphatic hydroxyl groups is 2. The highest BCUT2D eigenvalue weighted by Gasteiger charge is 2.28. The molecule has 1 heterocycles. The van der Waals surface area contributed by atoms with Crippen LogP contribution in [-0.2, 0) is 25.9 Å². The number of ether oxygens (including phenoxy) is 2. The average Bonchev–Trinajstić information content (AvgIpc) is 2.88. The minimum atomic E-state index is -3.84. The van der Waals surface area contributed by atoms with E-state index in [2.05, 4.69) is 10.2 Å². The number of nitrogens with zero attached hydrogens (tertiary/aromatic N) is 4. The van der Waals surface area contributed by atoms with Gasteiger partial charge in [-0.05, 0) is 31.9 Å². The summed E-state index contributed by atoms with van der Waals surface area (Å²) in [5.74, 6) is -0.550. The summed E-state index contributed by atoms with van der Waals surface area (Å²) in [5.41, 5.74) is -1.02. The lowest BCUT2D eigenvalue weighted by molar-refractivity contribution is 0.0854. The Balaban J connectivity index is 2.48. The molecule has 1 aromatic heterocycles. The van der Waals surface area contributed by atoms with Crippen molar-refractivity contribution >= 4 is 21.2 Å². The van der Waals surface area contributed by atoms with Crippen LogP contribution in [0.4, 0.5) is 11.4 Å². The van der Waals surface area contributed by atoms with E-state index < -0.39 is 26.5 Å². The molecule has 0 aliphatic carbocycles. The Morgan fingerprint density at radius 3 is 2.35 bits per heavy atom. The zero-order chi connectivity index (χ0) is 27.4. The molecule has 12 nitrogen and oxygen atoms in total. The molecule has 0 bridgehead atoms. The summed E-state index contributed by atoms with van der Waals surface area (Å²) >= 11 is 0. The van der Waals surface area contributed by atoms with Gasteiger partial charge in [0.15, 0.2) is 15.5 Å². The molecule has 0 spiro atoms. The lowest BCUT2D eigenvalue weighted by atomic mass is 10.1. The number of aliphatic hydroxyl groups excluding tert-OH is 2. The predicted octanol–water partition coefficient (Wildman–Crippen LogP) is 2.11. The average molecular weight is 537 g/mol. The summed E-state index contributed by atoms with van der Waals surface area (Å²) in [6, 6.07) is 7.83. The number of sulfone groups is 1. The predicted molar refractivity (Wildman–Crippen MR) is 134 cm³/mol. The van der Waals surface area contributed by atoms with Crippen molar-refractivity contribution in [2.45, 2.75) is 43.4 Å². The first-order chi connectivity index (χ1) is 17.7. The standard InChI is InChI=1S/C24H32N4O8S/c1-3-18(8-12-35-14-10-29)37(33,34)21-7-5-4-6-20(21)26-27-22-17(2)19(16-25)23(31)28(24(22)32)9-13-36-15-11-30/h4-7,18,29-30,32H,3,8-15H2,1-2H3/b27-26+. The van der Waals surface area contributed by atoms with Crippen molar-refractivity contribution < 1.29 is 33.2 Å². The lowest BCUT2D eigenvalue weighted by Crippen LogP contribution is -2.26. The number of hydrogen-bond acceptors (Lipinski definition) is 11. The first-order valence-electron chi connectivity index (χ1n) is 11.7. The van der Waals surface area contributed by atoms with E-state index in [0.29, 0.717) is 6.42 Å². The number of benzene rings is 1. The van der Waals surface area contributed by atoms with Crippen LogP contribution in [-0.4, -0.2) is 73.2 Å². The maximum atomic E-state index is 13.4. The molecule has 0 aliphatic rings. The molecule has 2 aromatic rings. The van der Waals surface area contributed by atoms with Crippen LogP contribution < -0.4 is 5.56 Å². The molecule has 0 saturated heterocycles. The number of aromatic nitrogens is 1. The number of nitriles is 1. The van der Waals surface area contributed by atoms with Crippen LogP contribution in [0.25, 0.3) is 0 Å². The van der Waals surface area contributed by atoms with Crippen LogP contribution in [0.5, 0.6) is 5.88 Å². The topological polar surface area (TPSA) is 184 Å². The second kappa shape index (κ2) is 14.6. The van der Waals surface area contributed by atoms with E-state index >= 15 is 0 Å². The molecule has 1 unspecified atom stereocenters. The molecule has 0 fully saturated rings. The smallest absolute Gasteiger partial charge is 0.271 e. The molecule has 1 aromatic carbocycles. The van der Waals surface area contributed by atoms with Gasteiger partial charge < -0.3 is 24.8 Å². The zero-order valence-corrected chi connectivity index (χ0v) is 21.6. The minimum absolute atomic E-state index is 0.0138. The van der Waals surface area contributed by atoms with Crippen LogP contribution >= 0.6 is 0 Å². The van der Waals surface area contributed by atoms with Gasteiger partial charge in [0.1, 0.15) is 17.3 Å². The van der Waals surface area contributed by atoms with E-state index in [9.17, 15) is 23.6 Å². The van der Waals surface area contributed by atoms with Crippen molar-refractivity contribution in [3.05, 3.63) is 45.7 Å². The van der Waals surface area contributed by atoms with Gasteiger partial charge in [-0.25, -0.2) is 8.42 Å². The Morgan fingerprint density at radius 2 is 1.73 bits per heavy atom. The number of rotatable bonds is 15. The van der Waals surface area contributed by atoms with Crippen molar-refractivity contribution in [2.75, 3.05) is 39.6 Å². The van der Waals surface area contributed by atoms with E-state index in [4.69, 9.17) is 19.7 Å². The van der Waals surface area contributed by atoms with Gasteiger partial charge in [0.25, 0.3) is 5.56 Å². The van der Waals surface area contributed by atoms with Crippen molar-refractivity contribution in [1.29, 1.82) is 5.26 Å². The highest BCUT2D eigenvalue weighted by Crippen LogP contribution is 2.35. The van der Waals surface area contributed by atoms with Crippen LogP contribution in [0.2, 0.25) is 0 Å². The summed E-state index contributed by atoms with van der Waals surface area (Å²) in [4.78, 5) is 12.6. The van der Waals surface area contributed by atoms with Crippen molar-refractivity contribution in [3.8, 4) is 11.9 Å². The molecule has 0 amide bonds. The highest BCUT2D eigenvalue weighted by molar-refractivity contribution is 7.92. The molecule has 13 heteroatoms. The molecular weight excluding hydrogens is 504 g/mol. The van der Waals surface area contributed by atoms with E-state index in [1.807, 2.05) is 6.07 Å². The third-order valence-electron chi connectivity index (χ3n) is 5.61. The molecule has 1 atom stereocenters. The minimum Gasteiger partial charge on any atom is -0.493 e. The summed E-state index contributed by atoms with van der Waals surface area (Å²) < 4.78 is 38.1. The van der Waals surface area contributed by atoms with E-state index in [1.165, 1.54) is 19.1 Å². The maximum absolute atomic E-state index is 13.4. The quantitative estimate of drug-likeness (QED) is 0.226. The third-order valence-corrected chi connectivity index (χ3v) is 8.01. The van der Waals surface area contributed by atoms with Crippen LogP contribution in [0.15, 0.2) is 44.2 Å². The SMILES string of the molecule is CCC(CCOCCO)S(=O)(=O)c1ccccc1/N=N/c1c(C)c(C#N)c(=O)n(CCOCCO)c1O. The summed E-state index contributed by atoms with van der Waals surface area (Å²) in [5, 5.41) is 45.3. The Bertz CT molecular complexity index is 1280. The fraction of sp³-hybridized carbons (Fsp3) is 0.500. The second-order valence-electron chi connectivity index (χ2n) is 7.94. The Kier molecular flexibility index (Phi) is 11.8. The number of pyridine rings is 1. The molecule has 3 N–H and O–H groups in total. The Morgan fingerprint density at radius 1 is 1.08 bits per heavy atom. The number of hydrogen-bond donors (Lipinski definition) is 3. The van der Waals surface area contributed by atoms with E-state index in [-0.39, 0.29) is 80.0 Å². The first kappa shape index (κ1) is 30.1. The lowest BCUT2D eigenvalue weighted by Gasteiger charge is -2.17. The van der Waals surface area contributed by atoms with E-state index in [1.54, 1.807) is 19.1 Å². The number of aromatic hydroxyl groups is 1. The molecule has 0 saturated carbocycles. The second-order valence-corrected chi connectivity index (χ2v) is 10.1. The zero-order valence-electron chi connectivity index (χ0n) is 20.8. The fourth-order valence-electron chi connectivity index (χ4n) is 3.61. The van der Waals surface area contributed by atoms with Gasteiger partial charge in [-0.3, -0.25) is 9.36 Å². The van der Waals surface area contributed by atoms with Crippen molar-refractivity contribution in [2.24, 2.45) is 10.2 Å². The summed E-state index contributed by atoms with van der Waals surface area (Å²) in [6.07, 6.45) is 0.546. The van der Waals surface area contributed by atoms with Crippen molar-refractivity contribution in [1.82, 2.24) is 4.57 Å². The van der Waals surface area contributed by atoms with Crippen molar-refractivity contribution in [3.63, 3.8) is 0 Å². The van der Waals surface area contributed by atoms with Gasteiger partial charge in [0, 0.05) is 12.2 Å². The molecular formula is C24H32N4O8S. The van der Waals surface area contributed by atoms with Gasteiger partial charge in [-0.15, -0.1) is 10.2 Å². The van der Waals surface area contributed by atoms with E-state index in [0.717, 1.165) is 4.57 Å². The molecule has 0 radical (unpaired) electrons. The van der Waals surface area contributed by atoms with Gasteiger partial charge in [0.05, 0.1) is 49.7 Å². The monoisotopic (exact) mass is 536 g/mol. The summed E-state index contributed by atoms with van der Waals surface area (Å²) in [7, 11) is -3.84. The molecule has 2 rings (SSSR count). The van der Waals surface area contributed by atoms with Gasteiger partial charge >= 0.3 is 0 Å². The highest BCUT2D eigenvalue weighted by atomic mass is 32.2. The maximum Gasteiger partial charge on any atom is 0.271 e. The van der Waals surface area contributed by atoms with Gasteiger partial charge in [0.2, 0.25) is 5.88 Å². The number of azo groups is 1. The molecule has 0 aliphatic heterocycles. The third kappa shape index (κ3) is 7.43. The normalized spacial score (nSPS) is 12.6. The van der Waals surface area contributed by atoms with Crippen LogP contribution in [0.3, 0.4) is 0 Å². The van der Waals surface area contributed by atoms with Gasteiger partial charge in [-0.1, -0.05) is 19.1 Å². The Hall–Kier alpha value is -3.15. The van der Waals surface area contributed by atoms with Crippen LogP contribution in [0, 0.1) is 18.3 Å². The first-order valence-corrected chi connectivity index (χ1v) is 13.3. The van der Waals surface area contributed by atoms with Crippen LogP contribution in [0.1, 0.15) is 30.9 Å². The molecule has 37 heavy (non-hydrogen) atoms. The van der Waals surface area contributed by atoms with Gasteiger partial charge in [-0.2, -0.15) is 5.26 Å². The largest absolute Gasteiger partial charge is 0.493 e. The Labute approximate surface area is 215 Å². The fourth-order valence-corrected chi connectivity index (χ4v) is 5.48.